The van der Waals surface area contributed by atoms with E-state index in [2.05, 4.69) is 10.0 Å². The Labute approximate surface area is 178 Å². The van der Waals surface area contributed by atoms with Gasteiger partial charge in [-0.3, -0.25) is 9.52 Å². The highest BCUT2D eigenvalue weighted by Crippen LogP contribution is 2.26. The number of anilines is 1. The number of carbonyl (C=O) groups excluding carboxylic acids is 1. The molecular formula is C21H18ClFN2O4S. The number of rotatable bonds is 7. The quantitative estimate of drug-likeness (QED) is 0.566. The van der Waals surface area contributed by atoms with Crippen molar-refractivity contribution in [3.8, 4) is 5.75 Å². The Bertz CT molecular complexity index is 1150. The molecule has 0 fully saturated rings. The van der Waals surface area contributed by atoms with Crippen LogP contribution < -0.4 is 14.8 Å². The third-order valence-corrected chi connectivity index (χ3v) is 6.05. The number of benzene rings is 3. The van der Waals surface area contributed by atoms with Crippen LogP contribution in [0, 0.1) is 5.82 Å². The molecule has 0 aliphatic rings. The molecule has 0 atom stereocenters. The van der Waals surface area contributed by atoms with Crippen molar-refractivity contribution in [2.75, 3.05) is 11.8 Å². The fourth-order valence-corrected chi connectivity index (χ4v) is 4.19. The Morgan fingerprint density at radius 3 is 2.33 bits per heavy atom. The molecule has 0 aliphatic heterocycles. The molecule has 2 N–H and O–H groups in total. The fraction of sp³-hybridized carbons (Fsp3) is 0.0952. The second-order valence-electron chi connectivity index (χ2n) is 6.29. The van der Waals surface area contributed by atoms with E-state index in [0.29, 0.717) is 17.0 Å². The van der Waals surface area contributed by atoms with Crippen molar-refractivity contribution in [2.45, 2.75) is 11.4 Å². The molecule has 0 bridgehead atoms. The first kappa shape index (κ1) is 21.6. The number of halogens is 2. The largest absolute Gasteiger partial charge is 0.497 e. The van der Waals surface area contributed by atoms with Crippen molar-refractivity contribution in [3.63, 3.8) is 0 Å². The molecule has 9 heteroatoms. The minimum absolute atomic E-state index is 0.0221. The Balaban J connectivity index is 1.77. The Morgan fingerprint density at radius 1 is 1.03 bits per heavy atom. The Morgan fingerprint density at radius 2 is 1.70 bits per heavy atom. The summed E-state index contributed by atoms with van der Waals surface area (Å²) in [4.78, 5) is 12.2. The van der Waals surface area contributed by atoms with E-state index in [4.69, 9.17) is 16.3 Å². The predicted octanol–water partition coefficient (Wildman–Crippen LogP) is 4.22. The van der Waals surface area contributed by atoms with E-state index in [1.165, 1.54) is 37.4 Å². The molecule has 30 heavy (non-hydrogen) atoms. The van der Waals surface area contributed by atoms with Gasteiger partial charge in [0.15, 0.2) is 0 Å². The van der Waals surface area contributed by atoms with Gasteiger partial charge in [0.1, 0.15) is 16.5 Å². The summed E-state index contributed by atoms with van der Waals surface area (Å²) >= 11 is 6.08. The third kappa shape index (κ3) is 5.28. The summed E-state index contributed by atoms with van der Waals surface area (Å²) in [7, 11) is -2.53. The van der Waals surface area contributed by atoms with Crippen LogP contribution in [0.3, 0.4) is 0 Å². The van der Waals surface area contributed by atoms with E-state index < -0.39 is 15.9 Å². The molecule has 6 nitrogen and oxygen atoms in total. The smallest absolute Gasteiger partial charge is 0.263 e. The molecular weight excluding hydrogens is 431 g/mol. The molecule has 0 saturated carbocycles. The SMILES string of the molecule is COc1ccc(NS(=O)(=O)c2cc(C(=O)NCc3ccc(F)cc3)ccc2Cl)cc1. The van der Waals surface area contributed by atoms with Gasteiger partial charge in [-0.05, 0) is 60.2 Å². The lowest BCUT2D eigenvalue weighted by molar-refractivity contribution is 0.0950. The molecule has 0 aromatic heterocycles. The zero-order valence-electron chi connectivity index (χ0n) is 15.9. The molecule has 0 heterocycles. The van der Waals surface area contributed by atoms with Crippen molar-refractivity contribution < 1.29 is 22.3 Å². The van der Waals surface area contributed by atoms with Crippen LogP contribution in [-0.4, -0.2) is 21.4 Å². The van der Waals surface area contributed by atoms with Crippen LogP contribution in [0.5, 0.6) is 5.75 Å². The minimum atomic E-state index is -4.04. The maximum absolute atomic E-state index is 13.0. The van der Waals surface area contributed by atoms with Crippen LogP contribution in [0.15, 0.2) is 71.6 Å². The number of ether oxygens (including phenoxy) is 1. The first-order valence-corrected chi connectivity index (χ1v) is 10.6. The standard InChI is InChI=1S/C21H18ClFN2O4S/c1-29-18-9-7-17(8-10-18)25-30(27,28)20-12-15(4-11-19(20)22)21(26)24-13-14-2-5-16(23)6-3-14/h2-12,25H,13H2,1H3,(H,24,26). The molecule has 3 rings (SSSR count). The van der Waals surface area contributed by atoms with Gasteiger partial charge < -0.3 is 10.1 Å². The number of carbonyl (C=O) groups is 1. The first-order valence-electron chi connectivity index (χ1n) is 8.77. The molecule has 1 amide bonds. The summed E-state index contributed by atoms with van der Waals surface area (Å²) in [5.41, 5.74) is 1.14. The summed E-state index contributed by atoms with van der Waals surface area (Å²) in [5.74, 6) is -0.283. The summed E-state index contributed by atoms with van der Waals surface area (Å²) in [6, 6.07) is 16.0. The van der Waals surface area contributed by atoms with Crippen LogP contribution in [0.4, 0.5) is 10.1 Å². The lowest BCUT2D eigenvalue weighted by Gasteiger charge is -2.12. The van der Waals surface area contributed by atoms with Crippen molar-refractivity contribution in [1.29, 1.82) is 0 Å². The van der Waals surface area contributed by atoms with Crippen LogP contribution in [0.1, 0.15) is 15.9 Å². The van der Waals surface area contributed by atoms with E-state index in [1.54, 1.807) is 36.4 Å². The molecule has 0 spiro atoms. The topological polar surface area (TPSA) is 84.5 Å². The molecule has 0 radical (unpaired) electrons. The van der Waals surface area contributed by atoms with E-state index >= 15 is 0 Å². The van der Waals surface area contributed by atoms with Gasteiger partial charge in [0, 0.05) is 17.8 Å². The van der Waals surface area contributed by atoms with E-state index in [-0.39, 0.29) is 27.8 Å². The summed E-state index contributed by atoms with van der Waals surface area (Å²) in [6.45, 7) is 0.161. The highest BCUT2D eigenvalue weighted by molar-refractivity contribution is 7.92. The van der Waals surface area contributed by atoms with Gasteiger partial charge in [-0.25, -0.2) is 12.8 Å². The van der Waals surface area contributed by atoms with Gasteiger partial charge in [0.2, 0.25) is 0 Å². The number of amides is 1. The second-order valence-corrected chi connectivity index (χ2v) is 8.35. The Hall–Kier alpha value is -3.10. The molecule has 0 unspecified atom stereocenters. The molecule has 0 aliphatic carbocycles. The van der Waals surface area contributed by atoms with Crippen molar-refractivity contribution in [2.24, 2.45) is 0 Å². The molecule has 156 valence electrons. The van der Waals surface area contributed by atoms with Crippen LogP contribution in [-0.2, 0) is 16.6 Å². The average Bonchev–Trinajstić information content (AvgIpc) is 2.73. The normalized spacial score (nSPS) is 11.0. The number of nitrogens with one attached hydrogen (secondary N) is 2. The highest BCUT2D eigenvalue weighted by Gasteiger charge is 2.20. The molecule has 0 saturated heterocycles. The van der Waals surface area contributed by atoms with Gasteiger partial charge in [0.05, 0.1) is 12.1 Å². The maximum atomic E-state index is 13.0. The summed E-state index contributed by atoms with van der Waals surface area (Å²) < 4.78 is 46.0. The zero-order chi connectivity index (χ0) is 21.7. The summed E-state index contributed by atoms with van der Waals surface area (Å²) in [6.07, 6.45) is 0. The summed E-state index contributed by atoms with van der Waals surface area (Å²) in [5, 5.41) is 2.64. The highest BCUT2D eigenvalue weighted by atomic mass is 35.5. The van der Waals surface area contributed by atoms with Crippen molar-refractivity contribution in [1.82, 2.24) is 5.32 Å². The van der Waals surface area contributed by atoms with E-state index in [1.807, 2.05) is 0 Å². The lowest BCUT2D eigenvalue weighted by Crippen LogP contribution is -2.23. The van der Waals surface area contributed by atoms with E-state index in [0.717, 1.165) is 0 Å². The minimum Gasteiger partial charge on any atom is -0.497 e. The number of sulfonamides is 1. The third-order valence-electron chi connectivity index (χ3n) is 4.19. The lowest BCUT2D eigenvalue weighted by atomic mass is 10.2. The van der Waals surface area contributed by atoms with Gasteiger partial charge in [0.25, 0.3) is 15.9 Å². The van der Waals surface area contributed by atoms with Crippen LogP contribution >= 0.6 is 11.6 Å². The van der Waals surface area contributed by atoms with Gasteiger partial charge in [-0.1, -0.05) is 23.7 Å². The predicted molar refractivity (Wildman–Crippen MR) is 113 cm³/mol. The molecule has 3 aromatic rings. The van der Waals surface area contributed by atoms with Crippen LogP contribution in [0.25, 0.3) is 0 Å². The van der Waals surface area contributed by atoms with E-state index in [9.17, 15) is 17.6 Å². The zero-order valence-corrected chi connectivity index (χ0v) is 17.4. The number of hydrogen-bond donors (Lipinski definition) is 2. The Kier molecular flexibility index (Phi) is 6.59. The first-order chi connectivity index (χ1) is 14.3. The second kappa shape index (κ2) is 9.15. The maximum Gasteiger partial charge on any atom is 0.263 e. The van der Waals surface area contributed by atoms with Crippen molar-refractivity contribution in [3.05, 3.63) is 88.7 Å². The monoisotopic (exact) mass is 448 g/mol. The number of methoxy groups -OCH3 is 1. The molecule has 3 aromatic carbocycles. The van der Waals surface area contributed by atoms with Gasteiger partial charge >= 0.3 is 0 Å². The fourth-order valence-electron chi connectivity index (χ4n) is 2.61. The van der Waals surface area contributed by atoms with Gasteiger partial charge in [-0.15, -0.1) is 0 Å². The number of hydrogen-bond acceptors (Lipinski definition) is 4. The van der Waals surface area contributed by atoms with Crippen LogP contribution in [0.2, 0.25) is 5.02 Å². The average molecular weight is 449 g/mol. The van der Waals surface area contributed by atoms with Crippen molar-refractivity contribution >= 4 is 33.2 Å². The van der Waals surface area contributed by atoms with Gasteiger partial charge in [-0.2, -0.15) is 0 Å².